The van der Waals surface area contributed by atoms with E-state index in [1.165, 1.54) is 18.2 Å². The first-order valence-corrected chi connectivity index (χ1v) is 7.50. The topological polar surface area (TPSA) is 67.4 Å². The zero-order valence-electron chi connectivity index (χ0n) is 14.0. The number of carbonyl (C=O) groups is 2. The van der Waals surface area contributed by atoms with E-state index < -0.39 is 29.2 Å². The molecule has 0 radical (unpaired) electrons. The molecule has 0 aliphatic carbocycles. The third kappa shape index (κ3) is 5.56. The number of carbonyl (C=O) groups excluding carboxylic acids is 2. The molecule has 5 nitrogen and oxygen atoms in total. The molecule has 0 aromatic heterocycles. The lowest BCUT2D eigenvalue weighted by Crippen LogP contribution is -2.27. The summed E-state index contributed by atoms with van der Waals surface area (Å²) >= 11 is 0. The van der Waals surface area contributed by atoms with Crippen molar-refractivity contribution in [2.24, 2.45) is 0 Å². The molecule has 0 saturated carbocycles. The van der Waals surface area contributed by atoms with Crippen molar-refractivity contribution in [1.82, 2.24) is 0 Å². The van der Waals surface area contributed by atoms with Crippen molar-refractivity contribution in [3.63, 3.8) is 0 Å². The van der Waals surface area contributed by atoms with Crippen LogP contribution in [0.5, 0.6) is 0 Å². The first kappa shape index (κ1) is 18.4. The Labute approximate surface area is 144 Å². The molecular formula is C18H18F2N2O3. The first-order chi connectivity index (χ1) is 11.6. The standard InChI is InChI=1S/C18H18F2N2O3/c1-18(2,3)25-17(24)22-14-9-8-13(20)10-15(14)21-16(23)11-4-6-12(19)7-5-11/h4-10H,1-3H3,(H,21,23)(H,22,24). The highest BCUT2D eigenvalue weighted by molar-refractivity contribution is 6.06. The van der Waals surface area contributed by atoms with Crippen molar-refractivity contribution in [3.8, 4) is 0 Å². The summed E-state index contributed by atoms with van der Waals surface area (Å²) in [5.41, 5.74) is -0.290. The fourth-order valence-electron chi connectivity index (χ4n) is 1.94. The van der Waals surface area contributed by atoms with Crippen LogP contribution >= 0.6 is 0 Å². The van der Waals surface area contributed by atoms with E-state index >= 15 is 0 Å². The molecule has 7 heteroatoms. The van der Waals surface area contributed by atoms with Crippen LogP contribution in [0.4, 0.5) is 25.0 Å². The maximum atomic E-state index is 13.5. The minimum atomic E-state index is -0.739. The van der Waals surface area contributed by atoms with E-state index in [9.17, 15) is 18.4 Å². The summed E-state index contributed by atoms with van der Waals surface area (Å²) in [4.78, 5) is 24.1. The molecule has 2 N–H and O–H groups in total. The summed E-state index contributed by atoms with van der Waals surface area (Å²) in [6, 6.07) is 8.38. The fraction of sp³-hybridized carbons (Fsp3) is 0.222. The molecule has 132 valence electrons. The van der Waals surface area contributed by atoms with Crippen LogP contribution in [0.25, 0.3) is 0 Å². The number of halogens is 2. The minimum absolute atomic E-state index is 0.0557. The van der Waals surface area contributed by atoms with Crippen LogP contribution in [-0.4, -0.2) is 17.6 Å². The molecule has 0 saturated heterocycles. The Morgan fingerprint density at radius 2 is 1.48 bits per heavy atom. The highest BCUT2D eigenvalue weighted by Gasteiger charge is 2.18. The maximum Gasteiger partial charge on any atom is 0.412 e. The van der Waals surface area contributed by atoms with Crippen LogP contribution in [0, 0.1) is 11.6 Å². The average Bonchev–Trinajstić information content (AvgIpc) is 2.48. The largest absolute Gasteiger partial charge is 0.444 e. The minimum Gasteiger partial charge on any atom is -0.444 e. The van der Waals surface area contributed by atoms with Gasteiger partial charge in [-0.1, -0.05) is 0 Å². The van der Waals surface area contributed by atoms with Crippen LogP contribution in [0.1, 0.15) is 31.1 Å². The van der Waals surface area contributed by atoms with Crippen molar-refractivity contribution < 1.29 is 23.1 Å². The van der Waals surface area contributed by atoms with Gasteiger partial charge in [0.25, 0.3) is 5.91 Å². The molecule has 0 aliphatic heterocycles. The number of ether oxygens (including phenoxy) is 1. The second kappa shape index (κ2) is 7.29. The van der Waals surface area contributed by atoms with Gasteiger partial charge in [-0.25, -0.2) is 13.6 Å². The molecule has 0 aliphatic rings. The lowest BCUT2D eigenvalue weighted by Gasteiger charge is -2.20. The molecule has 0 atom stereocenters. The summed E-state index contributed by atoms with van der Waals surface area (Å²) in [6.45, 7) is 5.11. The van der Waals surface area contributed by atoms with Gasteiger partial charge in [-0.05, 0) is 63.2 Å². The Hall–Kier alpha value is -2.96. The van der Waals surface area contributed by atoms with Crippen LogP contribution in [0.3, 0.4) is 0 Å². The molecule has 2 aromatic rings. The Balaban J connectivity index is 2.19. The van der Waals surface area contributed by atoms with Crippen LogP contribution in [0.15, 0.2) is 42.5 Å². The van der Waals surface area contributed by atoms with Crippen LogP contribution < -0.4 is 10.6 Å². The van der Waals surface area contributed by atoms with Crippen molar-refractivity contribution in [2.75, 3.05) is 10.6 Å². The quantitative estimate of drug-likeness (QED) is 0.854. The number of hydrogen-bond donors (Lipinski definition) is 2. The van der Waals surface area contributed by atoms with Gasteiger partial charge in [0.05, 0.1) is 11.4 Å². The second-order valence-electron chi connectivity index (χ2n) is 6.28. The van der Waals surface area contributed by atoms with Crippen LogP contribution in [-0.2, 0) is 4.74 Å². The average molecular weight is 348 g/mol. The Kier molecular flexibility index (Phi) is 5.36. The molecule has 0 bridgehead atoms. The van der Waals surface area contributed by atoms with Gasteiger partial charge in [-0.15, -0.1) is 0 Å². The Bertz CT molecular complexity index is 784. The summed E-state index contributed by atoms with van der Waals surface area (Å²) in [5, 5.41) is 4.94. The van der Waals surface area contributed by atoms with Gasteiger partial charge in [0.1, 0.15) is 17.2 Å². The predicted molar refractivity (Wildman–Crippen MR) is 90.6 cm³/mol. The van der Waals surface area contributed by atoms with Crippen molar-refractivity contribution in [2.45, 2.75) is 26.4 Å². The summed E-state index contributed by atoms with van der Waals surface area (Å²) in [5.74, 6) is -1.64. The number of anilines is 2. The smallest absolute Gasteiger partial charge is 0.412 e. The molecule has 0 unspecified atom stereocenters. The predicted octanol–water partition coefficient (Wildman–Crippen LogP) is 4.56. The van der Waals surface area contributed by atoms with Gasteiger partial charge < -0.3 is 10.1 Å². The molecular weight excluding hydrogens is 330 g/mol. The van der Waals surface area contributed by atoms with Crippen LogP contribution in [0.2, 0.25) is 0 Å². The third-order valence-electron chi connectivity index (χ3n) is 2.97. The SMILES string of the molecule is CC(C)(C)OC(=O)Nc1ccc(F)cc1NC(=O)c1ccc(F)cc1. The molecule has 25 heavy (non-hydrogen) atoms. The Morgan fingerprint density at radius 1 is 0.880 bits per heavy atom. The third-order valence-corrected chi connectivity index (χ3v) is 2.97. The highest BCUT2D eigenvalue weighted by Crippen LogP contribution is 2.24. The number of benzene rings is 2. The molecule has 0 fully saturated rings. The second-order valence-corrected chi connectivity index (χ2v) is 6.28. The van der Waals surface area contributed by atoms with Gasteiger partial charge in [0.15, 0.2) is 0 Å². The highest BCUT2D eigenvalue weighted by atomic mass is 19.1. The monoisotopic (exact) mass is 348 g/mol. The van der Waals surface area contributed by atoms with Crippen molar-refractivity contribution >= 4 is 23.4 Å². The molecule has 2 amide bonds. The van der Waals surface area contributed by atoms with E-state index in [2.05, 4.69) is 10.6 Å². The molecule has 2 rings (SSSR count). The summed E-state index contributed by atoms with van der Waals surface area (Å²) in [7, 11) is 0. The zero-order chi connectivity index (χ0) is 18.6. The summed E-state index contributed by atoms with van der Waals surface area (Å²) in [6.07, 6.45) is -0.739. The van der Waals surface area contributed by atoms with E-state index in [0.717, 1.165) is 24.3 Å². The maximum absolute atomic E-state index is 13.5. The molecule has 0 heterocycles. The van der Waals surface area contributed by atoms with Gasteiger partial charge in [-0.2, -0.15) is 0 Å². The van der Waals surface area contributed by atoms with Crippen molar-refractivity contribution in [3.05, 3.63) is 59.7 Å². The normalized spacial score (nSPS) is 10.9. The first-order valence-electron chi connectivity index (χ1n) is 7.50. The fourth-order valence-corrected chi connectivity index (χ4v) is 1.94. The summed E-state index contributed by atoms with van der Waals surface area (Å²) < 4.78 is 31.6. The van der Waals surface area contributed by atoms with E-state index in [4.69, 9.17) is 4.74 Å². The van der Waals surface area contributed by atoms with E-state index in [0.29, 0.717) is 0 Å². The van der Waals surface area contributed by atoms with Gasteiger partial charge in [-0.3, -0.25) is 10.1 Å². The molecule has 0 spiro atoms. The van der Waals surface area contributed by atoms with E-state index in [1.807, 2.05) is 0 Å². The zero-order valence-corrected chi connectivity index (χ0v) is 14.0. The number of nitrogens with one attached hydrogen (secondary N) is 2. The lowest BCUT2D eigenvalue weighted by atomic mass is 10.2. The van der Waals surface area contributed by atoms with Gasteiger partial charge >= 0.3 is 6.09 Å². The van der Waals surface area contributed by atoms with Gasteiger partial charge in [0, 0.05) is 5.56 Å². The lowest BCUT2D eigenvalue weighted by molar-refractivity contribution is 0.0635. The number of amides is 2. The Morgan fingerprint density at radius 3 is 2.08 bits per heavy atom. The van der Waals surface area contributed by atoms with Crippen molar-refractivity contribution in [1.29, 1.82) is 0 Å². The van der Waals surface area contributed by atoms with Gasteiger partial charge in [0.2, 0.25) is 0 Å². The van der Waals surface area contributed by atoms with E-state index in [-0.39, 0.29) is 16.9 Å². The van der Waals surface area contributed by atoms with E-state index in [1.54, 1.807) is 20.8 Å². The number of rotatable bonds is 3. The number of hydrogen-bond acceptors (Lipinski definition) is 3. The molecule has 2 aromatic carbocycles.